The molecule has 1 aliphatic carbocycles. The number of rotatable bonds is 4. The Balaban J connectivity index is 2.24. The quantitative estimate of drug-likeness (QED) is 0.741. The summed E-state index contributed by atoms with van der Waals surface area (Å²) in [6.45, 7) is 3.92. The molecule has 1 saturated heterocycles. The summed E-state index contributed by atoms with van der Waals surface area (Å²) < 4.78 is 0. The van der Waals surface area contributed by atoms with Crippen LogP contribution in [-0.2, 0) is 9.59 Å². The van der Waals surface area contributed by atoms with Gasteiger partial charge in [-0.15, -0.1) is 0 Å². The number of imide groups is 1. The Morgan fingerprint density at radius 2 is 1.85 bits per heavy atom. The van der Waals surface area contributed by atoms with Crippen LogP contribution in [0, 0.1) is 22.7 Å². The van der Waals surface area contributed by atoms with Crippen LogP contribution >= 0.6 is 0 Å². The van der Waals surface area contributed by atoms with E-state index in [0.717, 1.165) is 25.7 Å². The molecule has 4 heteroatoms. The van der Waals surface area contributed by atoms with E-state index in [1.807, 2.05) is 13.8 Å². The third kappa shape index (κ3) is 2.34. The van der Waals surface area contributed by atoms with Crippen LogP contribution < -0.4 is 0 Å². The van der Waals surface area contributed by atoms with Crippen molar-refractivity contribution in [3.8, 4) is 6.07 Å². The summed E-state index contributed by atoms with van der Waals surface area (Å²) in [5, 5.41) is 9.49. The molecule has 2 amide bonds. The Hall–Kier alpha value is -1.37. The maximum atomic E-state index is 12.7. The van der Waals surface area contributed by atoms with E-state index in [1.54, 1.807) is 0 Å². The Morgan fingerprint density at radius 1 is 1.25 bits per heavy atom. The molecule has 1 unspecified atom stereocenters. The van der Waals surface area contributed by atoms with Gasteiger partial charge in [-0.1, -0.05) is 33.1 Å². The molecule has 0 aromatic rings. The second-order valence-electron chi connectivity index (χ2n) is 6.21. The maximum Gasteiger partial charge on any atom is 0.237 e. The molecule has 2 aliphatic rings. The molecule has 4 nitrogen and oxygen atoms in total. The fraction of sp³-hybridized carbons (Fsp3) is 0.812. The van der Waals surface area contributed by atoms with Crippen molar-refractivity contribution < 1.29 is 9.59 Å². The molecule has 110 valence electrons. The summed E-state index contributed by atoms with van der Waals surface area (Å²) in [6, 6.07) is 1.70. The van der Waals surface area contributed by atoms with Gasteiger partial charge in [0.25, 0.3) is 0 Å². The molecule has 1 heterocycles. The van der Waals surface area contributed by atoms with E-state index in [9.17, 15) is 14.9 Å². The Labute approximate surface area is 121 Å². The van der Waals surface area contributed by atoms with Gasteiger partial charge in [0, 0.05) is 6.42 Å². The lowest BCUT2D eigenvalue weighted by molar-refractivity contribution is -0.144. The molecule has 0 aromatic carbocycles. The number of carbonyl (C=O) groups is 2. The van der Waals surface area contributed by atoms with E-state index in [4.69, 9.17) is 0 Å². The highest BCUT2D eigenvalue weighted by Crippen LogP contribution is 2.42. The normalized spacial score (nSPS) is 24.8. The molecule has 1 saturated carbocycles. The van der Waals surface area contributed by atoms with Crippen molar-refractivity contribution in [2.24, 2.45) is 11.3 Å². The zero-order valence-electron chi connectivity index (χ0n) is 12.5. The molecule has 1 aliphatic heterocycles. The minimum absolute atomic E-state index is 0.107. The lowest BCUT2D eigenvalue weighted by Crippen LogP contribution is -2.46. The summed E-state index contributed by atoms with van der Waals surface area (Å²) in [7, 11) is 0. The van der Waals surface area contributed by atoms with Crippen molar-refractivity contribution in [3.63, 3.8) is 0 Å². The van der Waals surface area contributed by atoms with Gasteiger partial charge in [-0.25, -0.2) is 0 Å². The van der Waals surface area contributed by atoms with E-state index in [1.165, 1.54) is 11.3 Å². The number of likely N-dealkylation sites (tertiary alicyclic amines) is 1. The molecule has 0 radical (unpaired) electrons. The molecule has 2 rings (SSSR count). The predicted molar refractivity (Wildman–Crippen MR) is 75.5 cm³/mol. The van der Waals surface area contributed by atoms with Crippen LogP contribution in [-0.4, -0.2) is 22.8 Å². The highest BCUT2D eigenvalue weighted by molar-refractivity contribution is 6.06. The largest absolute Gasteiger partial charge is 0.274 e. The van der Waals surface area contributed by atoms with Gasteiger partial charge < -0.3 is 0 Å². The summed E-state index contributed by atoms with van der Waals surface area (Å²) in [5.41, 5.74) is -0.555. The lowest BCUT2D eigenvalue weighted by Gasteiger charge is -2.32. The van der Waals surface area contributed by atoms with Gasteiger partial charge in [0.05, 0.1) is 11.5 Å². The fourth-order valence-corrected chi connectivity index (χ4v) is 3.73. The molecule has 20 heavy (non-hydrogen) atoms. The number of hydrogen-bond donors (Lipinski definition) is 0. The average Bonchev–Trinajstić information content (AvgIpc) is 2.74. The molecule has 0 bridgehead atoms. The van der Waals surface area contributed by atoms with E-state index in [-0.39, 0.29) is 24.2 Å². The smallest absolute Gasteiger partial charge is 0.237 e. The third-order valence-electron chi connectivity index (χ3n) is 5.29. The van der Waals surface area contributed by atoms with Gasteiger partial charge in [0.15, 0.2) is 0 Å². The predicted octanol–water partition coefficient (Wildman–Crippen LogP) is 3.02. The second-order valence-corrected chi connectivity index (χ2v) is 6.21. The summed E-state index contributed by atoms with van der Waals surface area (Å²) in [6.07, 6.45) is 6.95. The number of hydrogen-bond acceptors (Lipinski definition) is 3. The van der Waals surface area contributed by atoms with Crippen LogP contribution in [0.2, 0.25) is 0 Å². The second kappa shape index (κ2) is 5.95. The minimum atomic E-state index is -0.555. The van der Waals surface area contributed by atoms with Gasteiger partial charge in [-0.05, 0) is 31.6 Å². The first-order valence-electron chi connectivity index (χ1n) is 7.85. The van der Waals surface area contributed by atoms with Crippen LogP contribution in [0.4, 0.5) is 0 Å². The van der Waals surface area contributed by atoms with Crippen LogP contribution in [0.3, 0.4) is 0 Å². The monoisotopic (exact) mass is 276 g/mol. The van der Waals surface area contributed by atoms with Gasteiger partial charge in [0.1, 0.15) is 6.04 Å². The molecule has 0 N–H and O–H groups in total. The van der Waals surface area contributed by atoms with Crippen LogP contribution in [0.25, 0.3) is 0 Å². The average molecular weight is 276 g/mol. The molecule has 1 atom stereocenters. The minimum Gasteiger partial charge on any atom is -0.274 e. The van der Waals surface area contributed by atoms with E-state index < -0.39 is 11.5 Å². The summed E-state index contributed by atoms with van der Waals surface area (Å²) in [4.78, 5) is 26.3. The van der Waals surface area contributed by atoms with Crippen molar-refractivity contribution in [1.29, 1.82) is 5.26 Å². The van der Waals surface area contributed by atoms with E-state index >= 15 is 0 Å². The van der Waals surface area contributed by atoms with Crippen LogP contribution in [0.15, 0.2) is 0 Å². The molecular weight excluding hydrogens is 252 g/mol. The van der Waals surface area contributed by atoms with Crippen LogP contribution in [0.1, 0.15) is 65.2 Å². The van der Waals surface area contributed by atoms with E-state index in [2.05, 4.69) is 6.07 Å². The Bertz CT molecular complexity index is 428. The number of nitrogens with zero attached hydrogens (tertiary/aromatic N) is 2. The maximum absolute atomic E-state index is 12.7. The van der Waals surface area contributed by atoms with Crippen molar-refractivity contribution in [3.05, 3.63) is 0 Å². The fourth-order valence-electron chi connectivity index (χ4n) is 3.73. The van der Waals surface area contributed by atoms with Gasteiger partial charge in [-0.3, -0.25) is 14.5 Å². The zero-order chi connectivity index (χ0) is 14.8. The highest BCUT2D eigenvalue weighted by atomic mass is 16.2. The Kier molecular flexibility index (Phi) is 4.47. The molecular formula is C16H24N2O2. The molecule has 0 aromatic heterocycles. The first-order valence-corrected chi connectivity index (χ1v) is 7.85. The summed E-state index contributed by atoms with van der Waals surface area (Å²) >= 11 is 0. The van der Waals surface area contributed by atoms with Crippen molar-refractivity contribution >= 4 is 11.8 Å². The van der Waals surface area contributed by atoms with Gasteiger partial charge in [-0.2, -0.15) is 5.26 Å². The summed E-state index contributed by atoms with van der Waals surface area (Å²) in [5.74, 6) is -0.0772. The highest BCUT2D eigenvalue weighted by Gasteiger charge is 2.52. The van der Waals surface area contributed by atoms with Gasteiger partial charge >= 0.3 is 0 Å². The first-order chi connectivity index (χ1) is 9.59. The number of nitriles is 1. The molecule has 0 spiro atoms. The Morgan fingerprint density at radius 3 is 2.30 bits per heavy atom. The van der Waals surface area contributed by atoms with Crippen molar-refractivity contribution in [2.75, 3.05) is 0 Å². The van der Waals surface area contributed by atoms with Crippen LogP contribution in [0.5, 0.6) is 0 Å². The first kappa shape index (κ1) is 15.0. The number of amides is 2. The third-order valence-corrected chi connectivity index (χ3v) is 5.29. The van der Waals surface area contributed by atoms with Gasteiger partial charge in [0.2, 0.25) is 11.8 Å². The molecule has 2 fully saturated rings. The SMILES string of the molecule is CCC1(CC)CC(=O)N(C(C#N)C2CCCCC2)C1=O. The standard InChI is InChI=1S/C16H24N2O2/c1-3-16(4-2)10-14(19)18(15(16)20)13(11-17)12-8-6-5-7-9-12/h12-13H,3-10H2,1-2H3. The zero-order valence-corrected chi connectivity index (χ0v) is 12.5. The van der Waals surface area contributed by atoms with E-state index in [0.29, 0.717) is 12.8 Å². The number of carbonyl (C=O) groups excluding carboxylic acids is 2. The lowest BCUT2D eigenvalue weighted by atomic mass is 9.80. The topological polar surface area (TPSA) is 61.2 Å². The van der Waals surface area contributed by atoms with Crippen molar-refractivity contribution in [2.45, 2.75) is 71.3 Å². The van der Waals surface area contributed by atoms with Crippen molar-refractivity contribution in [1.82, 2.24) is 4.90 Å².